The van der Waals surface area contributed by atoms with Crippen LogP contribution in [0.1, 0.15) is 50.7 Å². The molecule has 32 heavy (non-hydrogen) atoms. The van der Waals surface area contributed by atoms with Crippen molar-refractivity contribution in [3.63, 3.8) is 0 Å². The predicted octanol–water partition coefficient (Wildman–Crippen LogP) is 5.54. The van der Waals surface area contributed by atoms with E-state index in [-0.39, 0.29) is 33.0 Å². The van der Waals surface area contributed by atoms with E-state index in [1.165, 1.54) is 12.1 Å². The Morgan fingerprint density at radius 2 is 0.844 bits per heavy atom. The molecule has 0 radical (unpaired) electrons. The lowest BCUT2D eigenvalue weighted by molar-refractivity contribution is 0.599. The molecule has 170 valence electrons. The molecular formula is C24H28N2O4S2. The highest BCUT2D eigenvalue weighted by Crippen LogP contribution is 2.28. The zero-order valence-electron chi connectivity index (χ0n) is 18.5. The highest BCUT2D eigenvalue weighted by molar-refractivity contribution is 7.93. The van der Waals surface area contributed by atoms with Crippen LogP contribution in [0.15, 0.2) is 82.6 Å². The molecule has 0 bridgehead atoms. The van der Waals surface area contributed by atoms with Crippen LogP contribution in [-0.4, -0.2) is 16.8 Å². The Hall–Kier alpha value is -2.84. The fourth-order valence-corrected chi connectivity index (χ4v) is 5.29. The molecule has 8 heteroatoms. The molecule has 0 unspecified atom stereocenters. The van der Waals surface area contributed by atoms with E-state index in [1.807, 2.05) is 27.7 Å². The van der Waals surface area contributed by atoms with Gasteiger partial charge in [0.25, 0.3) is 20.0 Å². The summed E-state index contributed by atoms with van der Waals surface area (Å²) >= 11 is 0. The second-order valence-electron chi connectivity index (χ2n) is 8.20. The van der Waals surface area contributed by atoms with Gasteiger partial charge < -0.3 is 0 Å². The van der Waals surface area contributed by atoms with Crippen LogP contribution >= 0.6 is 0 Å². The number of para-hydroxylation sites is 2. The molecule has 0 saturated heterocycles. The van der Waals surface area contributed by atoms with Gasteiger partial charge in [0, 0.05) is 0 Å². The molecule has 0 fully saturated rings. The lowest BCUT2D eigenvalue weighted by Gasteiger charge is -2.15. The summed E-state index contributed by atoms with van der Waals surface area (Å²) in [6.07, 6.45) is 0. The Morgan fingerprint density at radius 1 is 0.531 bits per heavy atom. The van der Waals surface area contributed by atoms with Gasteiger partial charge in [0.15, 0.2) is 0 Å². The van der Waals surface area contributed by atoms with E-state index in [0.717, 1.165) is 11.1 Å². The van der Waals surface area contributed by atoms with Crippen LogP contribution in [0.5, 0.6) is 0 Å². The number of sulfonamides is 2. The van der Waals surface area contributed by atoms with Crippen LogP contribution in [0.25, 0.3) is 0 Å². The van der Waals surface area contributed by atoms with E-state index in [1.54, 1.807) is 60.7 Å². The Labute approximate surface area is 190 Å². The Morgan fingerprint density at radius 3 is 1.12 bits per heavy atom. The number of hydrogen-bond donors (Lipinski definition) is 2. The van der Waals surface area contributed by atoms with Crippen molar-refractivity contribution >= 4 is 31.4 Å². The third kappa shape index (κ3) is 5.49. The van der Waals surface area contributed by atoms with Crippen molar-refractivity contribution in [2.24, 2.45) is 0 Å². The largest absolute Gasteiger partial charge is 0.277 e. The molecule has 0 heterocycles. The molecular weight excluding hydrogens is 444 g/mol. The summed E-state index contributed by atoms with van der Waals surface area (Å²) in [6, 6.07) is 19.6. The summed E-state index contributed by atoms with van der Waals surface area (Å²) < 4.78 is 56.5. The van der Waals surface area contributed by atoms with Crippen LogP contribution in [0.2, 0.25) is 0 Å². The van der Waals surface area contributed by atoms with E-state index < -0.39 is 20.0 Å². The van der Waals surface area contributed by atoms with E-state index in [0.29, 0.717) is 0 Å². The van der Waals surface area contributed by atoms with Gasteiger partial charge in [-0.3, -0.25) is 9.44 Å². The molecule has 0 atom stereocenters. The summed E-state index contributed by atoms with van der Waals surface area (Å²) in [4.78, 5) is 0.202. The minimum absolute atomic E-state index is 0.101. The van der Waals surface area contributed by atoms with Gasteiger partial charge in [-0.1, -0.05) is 64.1 Å². The first kappa shape index (κ1) is 23.8. The Bertz CT molecular complexity index is 1180. The summed E-state index contributed by atoms with van der Waals surface area (Å²) in [5, 5.41) is 0. The van der Waals surface area contributed by atoms with Crippen molar-refractivity contribution in [3.05, 3.63) is 83.9 Å². The fraction of sp³-hybridized carbons (Fsp3) is 0.250. The molecule has 3 aromatic rings. The summed E-state index contributed by atoms with van der Waals surface area (Å²) in [6.45, 7) is 8.11. The van der Waals surface area contributed by atoms with Gasteiger partial charge in [-0.25, -0.2) is 16.8 Å². The molecule has 0 spiro atoms. The maximum Gasteiger partial charge on any atom is 0.261 e. The first-order valence-corrected chi connectivity index (χ1v) is 13.3. The van der Waals surface area contributed by atoms with Gasteiger partial charge in [-0.15, -0.1) is 0 Å². The maximum atomic E-state index is 12.9. The van der Waals surface area contributed by atoms with Crippen LogP contribution < -0.4 is 9.44 Å². The van der Waals surface area contributed by atoms with Gasteiger partial charge >= 0.3 is 0 Å². The summed E-state index contributed by atoms with van der Waals surface area (Å²) in [7, 11) is -7.80. The Kier molecular flexibility index (Phi) is 6.95. The van der Waals surface area contributed by atoms with Crippen molar-refractivity contribution in [1.82, 2.24) is 0 Å². The van der Waals surface area contributed by atoms with Crippen LogP contribution in [0, 0.1) is 0 Å². The first-order valence-electron chi connectivity index (χ1n) is 10.3. The highest BCUT2D eigenvalue weighted by Gasteiger charge is 2.20. The lowest BCUT2D eigenvalue weighted by Crippen LogP contribution is -2.17. The fourth-order valence-electron chi connectivity index (χ4n) is 3.13. The van der Waals surface area contributed by atoms with Crippen molar-refractivity contribution < 1.29 is 16.8 Å². The second-order valence-corrected chi connectivity index (χ2v) is 11.6. The van der Waals surface area contributed by atoms with Crippen LogP contribution in [0.3, 0.4) is 0 Å². The van der Waals surface area contributed by atoms with Gasteiger partial charge in [-0.05, 0) is 59.4 Å². The average molecular weight is 473 g/mol. The minimum atomic E-state index is -3.90. The van der Waals surface area contributed by atoms with Gasteiger partial charge in [0.2, 0.25) is 0 Å². The molecule has 0 saturated carbocycles. The molecule has 2 N–H and O–H groups in total. The zero-order valence-corrected chi connectivity index (χ0v) is 20.2. The standard InChI is InChI=1S/C24H28N2O4S2/c1-17(2)19-9-13-21(14-10-19)31(27,28)25-23-7-5-6-8-24(23)26-32(29,30)22-15-11-20(12-16-22)18(3)4/h5-18,25-26H,1-4H3. The van der Waals surface area contributed by atoms with E-state index >= 15 is 0 Å². The highest BCUT2D eigenvalue weighted by atomic mass is 32.2. The van der Waals surface area contributed by atoms with Gasteiger partial charge in [0.1, 0.15) is 0 Å². The van der Waals surface area contributed by atoms with Crippen LogP contribution in [-0.2, 0) is 20.0 Å². The van der Waals surface area contributed by atoms with Crippen molar-refractivity contribution in [2.75, 3.05) is 9.44 Å². The van der Waals surface area contributed by atoms with Crippen molar-refractivity contribution in [1.29, 1.82) is 0 Å². The lowest BCUT2D eigenvalue weighted by atomic mass is 10.0. The zero-order chi connectivity index (χ0) is 23.5. The topological polar surface area (TPSA) is 92.3 Å². The molecule has 0 aliphatic heterocycles. The second kappa shape index (κ2) is 9.34. The summed E-state index contributed by atoms with van der Waals surface area (Å²) in [5.41, 5.74) is 2.34. The SMILES string of the molecule is CC(C)c1ccc(S(=O)(=O)Nc2ccccc2NS(=O)(=O)c2ccc(C(C)C)cc2)cc1. The molecule has 3 aromatic carbocycles. The minimum Gasteiger partial charge on any atom is -0.277 e. The molecule has 0 amide bonds. The van der Waals surface area contributed by atoms with Crippen molar-refractivity contribution in [2.45, 2.75) is 49.3 Å². The molecule has 0 aromatic heterocycles. The maximum absolute atomic E-state index is 12.9. The number of rotatable bonds is 8. The van der Waals surface area contributed by atoms with Crippen LogP contribution in [0.4, 0.5) is 11.4 Å². The number of nitrogens with one attached hydrogen (secondary N) is 2. The summed E-state index contributed by atoms with van der Waals surface area (Å²) in [5.74, 6) is 0.564. The van der Waals surface area contributed by atoms with E-state index in [2.05, 4.69) is 9.44 Å². The molecule has 0 aliphatic carbocycles. The third-order valence-electron chi connectivity index (χ3n) is 5.13. The number of benzene rings is 3. The molecule has 0 aliphatic rings. The van der Waals surface area contributed by atoms with Gasteiger partial charge in [-0.2, -0.15) is 0 Å². The quantitative estimate of drug-likeness (QED) is 0.450. The predicted molar refractivity (Wildman–Crippen MR) is 129 cm³/mol. The smallest absolute Gasteiger partial charge is 0.261 e. The third-order valence-corrected chi connectivity index (χ3v) is 7.89. The monoisotopic (exact) mass is 472 g/mol. The molecule has 3 rings (SSSR count). The number of anilines is 2. The van der Waals surface area contributed by atoms with E-state index in [4.69, 9.17) is 0 Å². The van der Waals surface area contributed by atoms with Crippen molar-refractivity contribution in [3.8, 4) is 0 Å². The first-order chi connectivity index (χ1) is 15.0. The Balaban J connectivity index is 1.87. The average Bonchev–Trinajstić information content (AvgIpc) is 2.75. The normalized spacial score (nSPS) is 12.2. The van der Waals surface area contributed by atoms with E-state index in [9.17, 15) is 16.8 Å². The number of hydrogen-bond acceptors (Lipinski definition) is 4. The van der Waals surface area contributed by atoms with Gasteiger partial charge in [0.05, 0.1) is 21.2 Å². The molecule has 6 nitrogen and oxygen atoms in total.